The summed E-state index contributed by atoms with van der Waals surface area (Å²) in [7, 11) is 0. The molecule has 0 saturated heterocycles. The van der Waals surface area contributed by atoms with E-state index in [4.69, 9.17) is 18.9 Å². The third-order valence-corrected chi connectivity index (χ3v) is 8.82. The number of carbonyl (C=O) groups is 1. The van der Waals surface area contributed by atoms with Crippen molar-refractivity contribution in [1.29, 1.82) is 0 Å². The molecule has 7 nitrogen and oxygen atoms in total. The molecule has 5 atom stereocenters. The number of nitrogens with one attached hydrogen (secondary N) is 1. The average molecular weight is 725 g/mol. The Morgan fingerprint density at radius 3 is 2.12 bits per heavy atom. The van der Waals surface area contributed by atoms with Gasteiger partial charge in [-0.1, -0.05) is 88.4 Å². The number of hydrogen-bond acceptors (Lipinski definition) is 7. The second kappa shape index (κ2) is 21.8. The van der Waals surface area contributed by atoms with Crippen LogP contribution < -0.4 is 5.32 Å². The zero-order valence-corrected chi connectivity index (χ0v) is 35.7. The van der Waals surface area contributed by atoms with E-state index < -0.39 is 11.2 Å². The fraction of sp³-hybridized carbons (Fsp3) is 0.689. The Morgan fingerprint density at radius 1 is 0.885 bits per heavy atom. The maximum atomic E-state index is 12.7. The van der Waals surface area contributed by atoms with E-state index in [2.05, 4.69) is 129 Å². The lowest BCUT2D eigenvalue weighted by Crippen LogP contribution is -2.39. The molecular formula is C45H76N2O5. The number of esters is 1. The minimum atomic E-state index is -0.468. The summed E-state index contributed by atoms with van der Waals surface area (Å²) in [6.45, 7) is 36.9. The second-order valence-corrected chi connectivity index (χ2v) is 17.8. The van der Waals surface area contributed by atoms with E-state index in [0.29, 0.717) is 19.4 Å². The molecule has 0 aliphatic carbocycles. The van der Waals surface area contributed by atoms with E-state index in [0.717, 1.165) is 25.1 Å². The van der Waals surface area contributed by atoms with Crippen LogP contribution in [0.3, 0.4) is 0 Å². The highest BCUT2D eigenvalue weighted by Crippen LogP contribution is 2.28. The molecule has 0 radical (unpaired) electrons. The molecule has 0 heterocycles. The molecule has 296 valence electrons. The number of allylic oxidation sites excluding steroid dienone is 4. The first-order valence-electron chi connectivity index (χ1n) is 19.4. The summed E-state index contributed by atoms with van der Waals surface area (Å²) in [5, 5.41) is 3.62. The Bertz CT molecular complexity index is 1290. The maximum Gasteiger partial charge on any atom is 0.308 e. The van der Waals surface area contributed by atoms with Gasteiger partial charge >= 0.3 is 5.97 Å². The van der Waals surface area contributed by atoms with Crippen LogP contribution in [-0.4, -0.2) is 66.9 Å². The monoisotopic (exact) mass is 725 g/mol. The summed E-state index contributed by atoms with van der Waals surface area (Å²) in [5.41, 5.74) is 1.75. The molecule has 0 amide bonds. The number of ether oxygens (including phenoxy) is 4. The van der Waals surface area contributed by atoms with Gasteiger partial charge < -0.3 is 24.3 Å². The van der Waals surface area contributed by atoms with Crippen LogP contribution in [0.2, 0.25) is 0 Å². The first-order chi connectivity index (χ1) is 23.9. The number of carbonyl (C=O) groups excluding carboxylic acids is 1. The van der Waals surface area contributed by atoms with Gasteiger partial charge in [0.05, 0.1) is 48.5 Å². The molecule has 0 aromatic heterocycles. The fourth-order valence-electron chi connectivity index (χ4n) is 6.60. The van der Waals surface area contributed by atoms with Gasteiger partial charge in [-0.3, -0.25) is 9.79 Å². The summed E-state index contributed by atoms with van der Waals surface area (Å²) in [6, 6.07) is 10.2. The highest BCUT2D eigenvalue weighted by molar-refractivity contribution is 5.71. The summed E-state index contributed by atoms with van der Waals surface area (Å²) in [6.07, 6.45) is 11.3. The normalized spacial score (nSPS) is 16.5. The molecule has 52 heavy (non-hydrogen) atoms. The molecule has 4 unspecified atom stereocenters. The Kier molecular flexibility index (Phi) is 19.9. The molecule has 0 fully saturated rings. The van der Waals surface area contributed by atoms with Crippen molar-refractivity contribution in [3.8, 4) is 0 Å². The third-order valence-electron chi connectivity index (χ3n) is 8.82. The molecule has 1 aromatic rings. The summed E-state index contributed by atoms with van der Waals surface area (Å²) >= 11 is 0. The number of aliphatic imine (C=N–C) groups is 1. The van der Waals surface area contributed by atoms with Crippen LogP contribution in [0.1, 0.15) is 135 Å². The SMILES string of the molecule is C=C(O[C@H](C)CC(C)(C)OC(C)CC(C)(C)OCC(C)OC(=O)CC(C)N=CC(C)(C)Cc1ccccc1)C(C)NCC(C)(C)C/C(C)=C/C=C\C. The van der Waals surface area contributed by atoms with Crippen molar-refractivity contribution in [2.75, 3.05) is 13.2 Å². The topological polar surface area (TPSA) is 78.4 Å². The molecule has 0 spiro atoms. The fourth-order valence-corrected chi connectivity index (χ4v) is 6.60. The van der Waals surface area contributed by atoms with Crippen molar-refractivity contribution < 1.29 is 23.7 Å². The summed E-state index contributed by atoms with van der Waals surface area (Å²) in [4.78, 5) is 17.3. The first kappa shape index (κ1) is 47.3. The second-order valence-electron chi connectivity index (χ2n) is 17.8. The highest BCUT2D eigenvalue weighted by atomic mass is 16.6. The quantitative estimate of drug-likeness (QED) is 0.0468. The number of rotatable bonds is 25. The molecule has 0 aliphatic rings. The van der Waals surface area contributed by atoms with Gasteiger partial charge in [-0.05, 0) is 100.0 Å². The average Bonchev–Trinajstić information content (AvgIpc) is 2.99. The van der Waals surface area contributed by atoms with E-state index in [1.807, 2.05) is 46.9 Å². The summed E-state index contributed by atoms with van der Waals surface area (Å²) < 4.78 is 24.7. The van der Waals surface area contributed by atoms with Crippen LogP contribution in [0.15, 0.2) is 71.5 Å². The van der Waals surface area contributed by atoms with Gasteiger partial charge in [-0.25, -0.2) is 0 Å². The summed E-state index contributed by atoms with van der Waals surface area (Å²) in [5.74, 6) is 0.469. The van der Waals surface area contributed by atoms with Gasteiger partial charge in [0, 0.05) is 31.0 Å². The minimum absolute atomic E-state index is 0.0311. The van der Waals surface area contributed by atoms with Crippen molar-refractivity contribution in [2.24, 2.45) is 15.8 Å². The van der Waals surface area contributed by atoms with Gasteiger partial charge in [-0.2, -0.15) is 0 Å². The molecular weight excluding hydrogens is 649 g/mol. The van der Waals surface area contributed by atoms with Crippen molar-refractivity contribution in [2.45, 2.75) is 178 Å². The van der Waals surface area contributed by atoms with Crippen LogP contribution in [0, 0.1) is 10.8 Å². The van der Waals surface area contributed by atoms with E-state index >= 15 is 0 Å². The number of nitrogens with zero attached hydrogens (tertiary/aromatic N) is 1. The van der Waals surface area contributed by atoms with Crippen LogP contribution in [0.5, 0.6) is 0 Å². The Labute approximate surface area is 319 Å². The van der Waals surface area contributed by atoms with Crippen LogP contribution in [0.4, 0.5) is 0 Å². The predicted octanol–water partition coefficient (Wildman–Crippen LogP) is 10.6. The highest BCUT2D eigenvalue weighted by Gasteiger charge is 2.30. The van der Waals surface area contributed by atoms with Gasteiger partial charge in [0.2, 0.25) is 0 Å². The Balaban J connectivity index is 2.48. The van der Waals surface area contributed by atoms with Gasteiger partial charge in [0.1, 0.15) is 11.9 Å². The van der Waals surface area contributed by atoms with Crippen LogP contribution in [0.25, 0.3) is 0 Å². The molecule has 1 rings (SSSR count). The molecule has 0 bridgehead atoms. The molecule has 0 saturated carbocycles. The lowest BCUT2D eigenvalue weighted by Gasteiger charge is -2.36. The molecule has 1 N–H and O–H groups in total. The van der Waals surface area contributed by atoms with Crippen molar-refractivity contribution in [3.05, 3.63) is 72.0 Å². The van der Waals surface area contributed by atoms with E-state index in [1.54, 1.807) is 0 Å². The van der Waals surface area contributed by atoms with Gasteiger partial charge in [-0.15, -0.1) is 0 Å². The third kappa shape index (κ3) is 21.7. The first-order valence-corrected chi connectivity index (χ1v) is 19.4. The Hall–Kier alpha value is -2.74. The smallest absolute Gasteiger partial charge is 0.308 e. The molecule has 1 aromatic carbocycles. The van der Waals surface area contributed by atoms with E-state index in [-0.39, 0.29) is 53.6 Å². The standard InChI is InChI=1S/C45H76N2O5/c1-17-18-22-33(2)26-42(9,10)32-47-38(7)39(8)50-35(4)27-45(15,16)52-36(5)28-44(13,14)49-30-37(6)51-41(48)25-34(3)46-31-43(11,12)29-40-23-20-19-21-24-40/h17-24,31,34-38,47H,8,25-30,32H2,1-7,9-16H3/b18-17-,33-22+,46-31?/t34?,35-,36?,37?,38?/m1/s1. The maximum absolute atomic E-state index is 12.7. The number of benzene rings is 1. The molecule has 0 aliphatic heterocycles. The van der Waals surface area contributed by atoms with Crippen LogP contribution in [-0.2, 0) is 30.2 Å². The van der Waals surface area contributed by atoms with E-state index in [1.165, 1.54) is 11.1 Å². The zero-order valence-electron chi connectivity index (χ0n) is 35.7. The van der Waals surface area contributed by atoms with Gasteiger partial charge in [0.25, 0.3) is 0 Å². The number of hydrogen-bond donors (Lipinski definition) is 1. The molecule has 7 heteroatoms. The Morgan fingerprint density at radius 2 is 1.50 bits per heavy atom. The van der Waals surface area contributed by atoms with Crippen molar-refractivity contribution in [3.63, 3.8) is 0 Å². The van der Waals surface area contributed by atoms with Gasteiger partial charge in [0.15, 0.2) is 0 Å². The lowest BCUT2D eigenvalue weighted by molar-refractivity contribution is -0.158. The largest absolute Gasteiger partial charge is 0.494 e. The van der Waals surface area contributed by atoms with Crippen LogP contribution >= 0.6 is 0 Å². The van der Waals surface area contributed by atoms with Crippen molar-refractivity contribution >= 4 is 12.2 Å². The minimum Gasteiger partial charge on any atom is -0.494 e. The van der Waals surface area contributed by atoms with E-state index in [9.17, 15) is 4.79 Å². The predicted molar refractivity (Wildman–Crippen MR) is 220 cm³/mol. The zero-order chi connectivity index (χ0) is 39.8. The lowest BCUT2D eigenvalue weighted by atomic mass is 9.85. The van der Waals surface area contributed by atoms with Crippen molar-refractivity contribution in [1.82, 2.24) is 5.32 Å².